The average Bonchev–Trinajstić information content (AvgIpc) is 3.42. The van der Waals surface area contributed by atoms with E-state index in [2.05, 4.69) is 15.4 Å². The lowest BCUT2D eigenvalue weighted by molar-refractivity contribution is 0.101. The molecule has 42 heavy (non-hydrogen) atoms. The van der Waals surface area contributed by atoms with Gasteiger partial charge in [0.25, 0.3) is 5.91 Å². The van der Waals surface area contributed by atoms with Gasteiger partial charge in [-0.2, -0.15) is 5.10 Å². The van der Waals surface area contributed by atoms with E-state index in [1.54, 1.807) is 25.1 Å². The maximum absolute atomic E-state index is 15.2. The number of carbonyl (C=O) groups is 1. The third-order valence-electron chi connectivity index (χ3n) is 6.21. The number of ether oxygens (including phenoxy) is 5. The second-order valence-electron chi connectivity index (χ2n) is 8.77. The Hall–Kier alpha value is -5.39. The van der Waals surface area contributed by atoms with Gasteiger partial charge < -0.3 is 29.0 Å². The Morgan fingerprint density at radius 3 is 2.31 bits per heavy atom. The molecule has 1 N–H and O–H groups in total. The molecule has 2 heterocycles. The van der Waals surface area contributed by atoms with E-state index in [0.29, 0.717) is 33.8 Å². The first-order valence-electron chi connectivity index (χ1n) is 12.7. The first-order valence-corrected chi connectivity index (χ1v) is 12.7. The Balaban J connectivity index is 1.38. The van der Waals surface area contributed by atoms with Crippen molar-refractivity contribution < 1.29 is 37.3 Å². The number of anilines is 1. The fourth-order valence-corrected chi connectivity index (χ4v) is 4.21. The largest absolute Gasteiger partial charge is 0.494 e. The van der Waals surface area contributed by atoms with Crippen molar-refractivity contribution in [3.05, 3.63) is 84.3 Å². The van der Waals surface area contributed by atoms with Crippen LogP contribution in [-0.2, 0) is 0 Å². The number of pyridine rings is 1. The van der Waals surface area contributed by atoms with Gasteiger partial charge in [-0.1, -0.05) is 0 Å². The number of rotatable bonds is 10. The molecule has 216 valence electrons. The summed E-state index contributed by atoms with van der Waals surface area (Å²) in [5.74, 6) is -0.445. The number of methoxy groups -OCH3 is 3. The summed E-state index contributed by atoms with van der Waals surface area (Å²) in [6.45, 7) is 2.02. The average molecular weight is 577 g/mol. The molecule has 0 atom stereocenters. The zero-order valence-corrected chi connectivity index (χ0v) is 23.1. The fourth-order valence-electron chi connectivity index (χ4n) is 4.21. The highest BCUT2D eigenvalue weighted by Crippen LogP contribution is 2.37. The molecule has 5 rings (SSSR count). The molecular formula is C30H26F2N4O6. The molecule has 10 nitrogen and oxygen atoms in total. The zero-order chi connectivity index (χ0) is 29.8. The number of carbonyl (C=O) groups excluding carboxylic acids is 1. The lowest BCUT2D eigenvalue weighted by Crippen LogP contribution is -2.14. The molecule has 12 heteroatoms. The summed E-state index contributed by atoms with van der Waals surface area (Å²) in [7, 11) is 4.38. The third-order valence-corrected chi connectivity index (χ3v) is 6.21. The van der Waals surface area contributed by atoms with E-state index in [-0.39, 0.29) is 35.2 Å². The van der Waals surface area contributed by atoms with Crippen molar-refractivity contribution in [2.75, 3.05) is 33.3 Å². The molecule has 0 spiro atoms. The molecule has 0 unspecified atom stereocenters. The fraction of sp³-hybridized carbons (Fsp3) is 0.167. The van der Waals surface area contributed by atoms with E-state index in [9.17, 15) is 9.18 Å². The minimum Gasteiger partial charge on any atom is -0.494 e. The Bertz CT molecular complexity index is 1780. The molecule has 1 amide bonds. The van der Waals surface area contributed by atoms with Gasteiger partial charge in [0.15, 0.2) is 46.1 Å². The lowest BCUT2D eigenvalue weighted by atomic mass is 10.2. The molecule has 3 aromatic carbocycles. The topological polar surface area (TPSA) is 106 Å². The first-order chi connectivity index (χ1) is 20.3. The van der Waals surface area contributed by atoms with E-state index in [4.69, 9.17) is 23.7 Å². The molecule has 0 saturated carbocycles. The smallest absolute Gasteiger partial charge is 0.280 e. The molecular weight excluding hydrogens is 550 g/mol. The van der Waals surface area contributed by atoms with Crippen LogP contribution in [0.5, 0.6) is 34.5 Å². The molecule has 0 bridgehead atoms. The summed E-state index contributed by atoms with van der Waals surface area (Å²) in [4.78, 5) is 17.5. The number of nitrogens with one attached hydrogen (secondary N) is 1. The molecule has 2 aromatic heterocycles. The van der Waals surface area contributed by atoms with Crippen molar-refractivity contribution in [2.45, 2.75) is 6.92 Å². The molecule has 0 fully saturated rings. The summed E-state index contributed by atoms with van der Waals surface area (Å²) in [5.41, 5.74) is 1.13. The number of nitrogens with zero attached hydrogens (tertiary/aromatic N) is 3. The van der Waals surface area contributed by atoms with Gasteiger partial charge in [0.2, 0.25) is 0 Å². The van der Waals surface area contributed by atoms with Crippen molar-refractivity contribution in [2.24, 2.45) is 0 Å². The summed E-state index contributed by atoms with van der Waals surface area (Å²) < 4.78 is 57.6. The summed E-state index contributed by atoms with van der Waals surface area (Å²) >= 11 is 0. The van der Waals surface area contributed by atoms with Crippen LogP contribution < -0.4 is 29.0 Å². The van der Waals surface area contributed by atoms with Gasteiger partial charge in [0, 0.05) is 35.5 Å². The van der Waals surface area contributed by atoms with E-state index in [0.717, 1.165) is 6.07 Å². The summed E-state index contributed by atoms with van der Waals surface area (Å²) in [5, 5.41) is 7.52. The van der Waals surface area contributed by atoms with Crippen LogP contribution in [0, 0.1) is 11.6 Å². The van der Waals surface area contributed by atoms with Crippen molar-refractivity contribution in [1.82, 2.24) is 14.8 Å². The van der Waals surface area contributed by atoms with Crippen LogP contribution in [-0.4, -0.2) is 48.6 Å². The number of benzene rings is 3. The van der Waals surface area contributed by atoms with Crippen LogP contribution in [0.1, 0.15) is 17.4 Å². The van der Waals surface area contributed by atoms with Crippen LogP contribution in [0.4, 0.5) is 14.5 Å². The van der Waals surface area contributed by atoms with Crippen molar-refractivity contribution >= 4 is 22.5 Å². The van der Waals surface area contributed by atoms with E-state index in [1.807, 2.05) is 0 Å². The minimum absolute atomic E-state index is 0.0170. The van der Waals surface area contributed by atoms with Crippen LogP contribution in [0.3, 0.4) is 0 Å². The predicted molar refractivity (Wildman–Crippen MR) is 151 cm³/mol. The number of halogens is 2. The van der Waals surface area contributed by atoms with Crippen molar-refractivity contribution in [1.29, 1.82) is 0 Å². The standard InChI is InChI=1S/C30H26F2N4O6/c1-5-41-28-16-36(18-7-8-20(31)25(13-18)38-2)35-29(28)30(37)34-17-6-9-24(21(32)12-17)42-23-10-11-33-22-15-27(40-4)26(39-3)14-19(22)23/h6-16H,5H2,1-4H3,(H,34,37). The van der Waals surface area contributed by atoms with E-state index >= 15 is 4.39 Å². The van der Waals surface area contributed by atoms with Crippen LogP contribution >= 0.6 is 0 Å². The third kappa shape index (κ3) is 5.59. The summed E-state index contributed by atoms with van der Waals surface area (Å²) in [6.07, 6.45) is 3.03. The Morgan fingerprint density at radius 2 is 1.60 bits per heavy atom. The highest BCUT2D eigenvalue weighted by molar-refractivity contribution is 6.04. The second-order valence-corrected chi connectivity index (χ2v) is 8.77. The monoisotopic (exact) mass is 576 g/mol. The van der Waals surface area contributed by atoms with Crippen LogP contribution in [0.2, 0.25) is 0 Å². The van der Waals surface area contributed by atoms with Gasteiger partial charge in [-0.15, -0.1) is 0 Å². The van der Waals surface area contributed by atoms with Gasteiger partial charge in [-0.05, 0) is 43.3 Å². The highest BCUT2D eigenvalue weighted by atomic mass is 19.1. The van der Waals surface area contributed by atoms with E-state index < -0.39 is 17.5 Å². The Morgan fingerprint density at radius 1 is 0.833 bits per heavy atom. The quantitative estimate of drug-likeness (QED) is 0.211. The van der Waals surface area contributed by atoms with Crippen molar-refractivity contribution in [3.63, 3.8) is 0 Å². The molecule has 5 aromatic rings. The van der Waals surface area contributed by atoms with E-state index in [1.165, 1.54) is 68.7 Å². The van der Waals surface area contributed by atoms with Gasteiger partial charge >= 0.3 is 0 Å². The highest BCUT2D eigenvalue weighted by Gasteiger charge is 2.21. The van der Waals surface area contributed by atoms with Crippen molar-refractivity contribution in [3.8, 4) is 40.2 Å². The molecule has 0 aliphatic rings. The van der Waals surface area contributed by atoms with Gasteiger partial charge in [-0.3, -0.25) is 9.78 Å². The number of amides is 1. The number of hydrogen-bond acceptors (Lipinski definition) is 8. The maximum Gasteiger partial charge on any atom is 0.280 e. The first kappa shape index (κ1) is 28.1. The predicted octanol–water partition coefficient (Wildman–Crippen LogP) is 6.17. The lowest BCUT2D eigenvalue weighted by Gasteiger charge is -2.13. The molecule has 0 saturated heterocycles. The minimum atomic E-state index is -0.716. The Labute approximate surface area is 239 Å². The molecule has 0 aliphatic heterocycles. The number of aromatic nitrogens is 3. The number of hydrogen-bond donors (Lipinski definition) is 1. The zero-order valence-electron chi connectivity index (χ0n) is 23.1. The summed E-state index contributed by atoms with van der Waals surface area (Å²) in [6, 6.07) is 13.1. The van der Waals surface area contributed by atoms with Crippen LogP contribution in [0.15, 0.2) is 67.0 Å². The normalized spacial score (nSPS) is 10.8. The molecule has 0 aliphatic carbocycles. The van der Waals surface area contributed by atoms with Gasteiger partial charge in [0.05, 0.1) is 45.3 Å². The SMILES string of the molecule is CCOc1cn(-c2ccc(F)c(OC)c2)nc1C(=O)Nc1ccc(Oc2ccnc3cc(OC)c(OC)cc23)c(F)c1. The molecule has 0 radical (unpaired) electrons. The van der Waals surface area contributed by atoms with Crippen LogP contribution in [0.25, 0.3) is 16.6 Å². The van der Waals surface area contributed by atoms with Gasteiger partial charge in [-0.25, -0.2) is 13.5 Å². The maximum atomic E-state index is 15.2. The second kappa shape index (κ2) is 12.0. The number of fused-ring (bicyclic) bond motifs is 1. The van der Waals surface area contributed by atoms with Gasteiger partial charge in [0.1, 0.15) is 5.75 Å². The Kier molecular flexibility index (Phi) is 8.05.